The standard InChI is InChI=1S/C16H10F3N5O4/c1-26-13(25)6-27-12-4-9(16(17,18)19)8-2-3-11-21-10(15-23-20-7-28-15)5-24(11)14(8)22-12/h2-5,7H,6H2,1H3. The minimum absolute atomic E-state index is 0.0644. The number of ether oxygens (including phenoxy) is 2. The molecule has 4 aromatic heterocycles. The zero-order chi connectivity index (χ0) is 19.9. The van der Waals surface area contributed by atoms with E-state index >= 15 is 0 Å². The number of carbonyl (C=O) groups excluding carboxylic acids is 1. The van der Waals surface area contributed by atoms with Crippen molar-refractivity contribution in [3.8, 4) is 17.5 Å². The second-order valence-corrected chi connectivity index (χ2v) is 5.54. The third-order valence-electron chi connectivity index (χ3n) is 3.83. The number of pyridine rings is 2. The summed E-state index contributed by atoms with van der Waals surface area (Å²) in [6.07, 6.45) is -2.15. The van der Waals surface area contributed by atoms with Gasteiger partial charge in [0, 0.05) is 17.6 Å². The van der Waals surface area contributed by atoms with E-state index in [9.17, 15) is 18.0 Å². The van der Waals surface area contributed by atoms with Crippen molar-refractivity contribution in [1.29, 1.82) is 0 Å². The second-order valence-electron chi connectivity index (χ2n) is 5.54. The van der Waals surface area contributed by atoms with Crippen LogP contribution in [0.5, 0.6) is 5.88 Å². The van der Waals surface area contributed by atoms with Crippen molar-refractivity contribution in [3.05, 3.63) is 36.4 Å². The molecule has 0 fully saturated rings. The van der Waals surface area contributed by atoms with Gasteiger partial charge in [-0.3, -0.25) is 4.40 Å². The summed E-state index contributed by atoms with van der Waals surface area (Å²) in [7, 11) is 1.13. The van der Waals surface area contributed by atoms with E-state index in [-0.39, 0.29) is 28.5 Å². The van der Waals surface area contributed by atoms with Gasteiger partial charge in [0.05, 0.1) is 12.7 Å². The van der Waals surface area contributed by atoms with Crippen molar-refractivity contribution < 1.29 is 31.9 Å². The SMILES string of the molecule is COC(=O)COc1cc(C(F)(F)F)c2ccc3nc(-c4nnco4)cn3c2n1. The molecule has 4 rings (SSSR count). The Bertz CT molecular complexity index is 1170. The lowest BCUT2D eigenvalue weighted by molar-refractivity contribution is -0.143. The van der Waals surface area contributed by atoms with Crippen molar-refractivity contribution in [2.24, 2.45) is 0 Å². The number of halogens is 3. The number of hydrogen-bond donors (Lipinski definition) is 0. The average Bonchev–Trinajstić information content (AvgIpc) is 3.33. The maximum absolute atomic E-state index is 13.6. The van der Waals surface area contributed by atoms with E-state index in [0.29, 0.717) is 5.65 Å². The molecule has 0 bridgehead atoms. The van der Waals surface area contributed by atoms with Crippen LogP contribution in [-0.2, 0) is 15.7 Å². The monoisotopic (exact) mass is 393 g/mol. The van der Waals surface area contributed by atoms with Crippen molar-refractivity contribution in [3.63, 3.8) is 0 Å². The number of carbonyl (C=O) groups is 1. The molecule has 0 aliphatic carbocycles. The van der Waals surface area contributed by atoms with Crippen LogP contribution in [0.2, 0.25) is 0 Å². The maximum atomic E-state index is 13.6. The van der Waals surface area contributed by atoms with E-state index in [4.69, 9.17) is 9.15 Å². The van der Waals surface area contributed by atoms with Crippen LogP contribution in [0.3, 0.4) is 0 Å². The molecule has 0 N–H and O–H groups in total. The van der Waals surface area contributed by atoms with E-state index in [1.54, 1.807) is 0 Å². The number of rotatable bonds is 4. The van der Waals surface area contributed by atoms with Crippen LogP contribution in [0.1, 0.15) is 5.56 Å². The predicted octanol–water partition coefficient (Wildman–Crippen LogP) is 2.50. The van der Waals surface area contributed by atoms with Gasteiger partial charge in [-0.1, -0.05) is 0 Å². The third-order valence-corrected chi connectivity index (χ3v) is 3.83. The molecule has 28 heavy (non-hydrogen) atoms. The van der Waals surface area contributed by atoms with Gasteiger partial charge >= 0.3 is 12.1 Å². The Kier molecular flexibility index (Phi) is 4.09. The first-order valence-electron chi connectivity index (χ1n) is 7.73. The molecule has 0 amide bonds. The fraction of sp³-hybridized carbons (Fsp3) is 0.188. The first kappa shape index (κ1) is 17.7. The zero-order valence-corrected chi connectivity index (χ0v) is 14.1. The number of methoxy groups -OCH3 is 1. The molecule has 0 unspecified atom stereocenters. The molecule has 0 aliphatic heterocycles. The number of fused-ring (bicyclic) bond motifs is 3. The molecule has 4 heterocycles. The van der Waals surface area contributed by atoms with Crippen LogP contribution < -0.4 is 4.74 Å². The molecule has 0 saturated heterocycles. The first-order valence-corrected chi connectivity index (χ1v) is 7.73. The minimum atomic E-state index is -4.67. The lowest BCUT2D eigenvalue weighted by Crippen LogP contribution is -2.15. The van der Waals surface area contributed by atoms with Crippen LogP contribution in [0.4, 0.5) is 13.2 Å². The van der Waals surface area contributed by atoms with E-state index in [0.717, 1.165) is 19.6 Å². The van der Waals surface area contributed by atoms with Crippen LogP contribution in [0.15, 0.2) is 35.2 Å². The van der Waals surface area contributed by atoms with Gasteiger partial charge in [0.2, 0.25) is 12.3 Å². The summed E-state index contributed by atoms with van der Waals surface area (Å²) in [6.45, 7) is -0.584. The molecule has 0 aromatic carbocycles. The van der Waals surface area contributed by atoms with Crippen LogP contribution in [-0.4, -0.2) is 44.3 Å². The van der Waals surface area contributed by atoms with Crippen molar-refractivity contribution >= 4 is 22.6 Å². The molecule has 9 nitrogen and oxygen atoms in total. The molecule has 4 aromatic rings. The number of nitrogens with zero attached hydrogens (tertiary/aromatic N) is 5. The second kappa shape index (κ2) is 6.48. The van der Waals surface area contributed by atoms with Gasteiger partial charge < -0.3 is 13.9 Å². The van der Waals surface area contributed by atoms with Crippen molar-refractivity contribution in [1.82, 2.24) is 24.6 Å². The quantitative estimate of drug-likeness (QED) is 0.487. The molecule has 0 spiro atoms. The summed E-state index contributed by atoms with van der Waals surface area (Å²) < 4.78 is 56.6. The Morgan fingerprint density at radius 3 is 2.79 bits per heavy atom. The van der Waals surface area contributed by atoms with E-state index in [2.05, 4.69) is 24.9 Å². The highest BCUT2D eigenvalue weighted by Crippen LogP contribution is 2.36. The number of esters is 1. The zero-order valence-electron chi connectivity index (χ0n) is 14.1. The number of imidazole rings is 1. The third kappa shape index (κ3) is 3.08. The lowest BCUT2D eigenvalue weighted by atomic mass is 10.1. The van der Waals surface area contributed by atoms with Gasteiger partial charge in [-0.05, 0) is 12.1 Å². The summed E-state index contributed by atoms with van der Waals surface area (Å²) in [5, 5.41) is 7.11. The Labute approximate surface area is 153 Å². The summed E-state index contributed by atoms with van der Waals surface area (Å²) in [4.78, 5) is 19.6. The predicted molar refractivity (Wildman–Crippen MR) is 86.3 cm³/mol. The Balaban J connectivity index is 1.92. The molecule has 0 saturated carbocycles. The highest BCUT2D eigenvalue weighted by molar-refractivity contribution is 5.84. The Hall–Kier alpha value is -3.70. The summed E-state index contributed by atoms with van der Waals surface area (Å²) in [5.41, 5.74) is -0.453. The van der Waals surface area contributed by atoms with E-state index in [1.165, 1.54) is 22.7 Å². The number of aromatic nitrogens is 5. The van der Waals surface area contributed by atoms with Crippen molar-refractivity contribution in [2.75, 3.05) is 13.7 Å². The van der Waals surface area contributed by atoms with Crippen LogP contribution in [0.25, 0.3) is 28.3 Å². The van der Waals surface area contributed by atoms with E-state index in [1.807, 2.05) is 0 Å². The van der Waals surface area contributed by atoms with Crippen LogP contribution >= 0.6 is 0 Å². The van der Waals surface area contributed by atoms with Gasteiger partial charge in [0.15, 0.2) is 6.61 Å². The van der Waals surface area contributed by atoms with Gasteiger partial charge in [0.1, 0.15) is 17.0 Å². The Morgan fingerprint density at radius 2 is 2.11 bits per heavy atom. The van der Waals surface area contributed by atoms with Gasteiger partial charge in [-0.25, -0.2) is 9.78 Å². The van der Waals surface area contributed by atoms with Gasteiger partial charge in [-0.2, -0.15) is 18.2 Å². The summed E-state index contributed by atoms with van der Waals surface area (Å²) >= 11 is 0. The summed E-state index contributed by atoms with van der Waals surface area (Å²) in [6, 6.07) is 3.40. The summed E-state index contributed by atoms with van der Waals surface area (Å²) in [5.74, 6) is -1.04. The highest BCUT2D eigenvalue weighted by atomic mass is 19.4. The molecule has 0 radical (unpaired) electrons. The Morgan fingerprint density at radius 1 is 1.29 bits per heavy atom. The van der Waals surface area contributed by atoms with E-state index < -0.39 is 24.3 Å². The minimum Gasteiger partial charge on any atom is -0.466 e. The molecule has 0 atom stereocenters. The molecule has 12 heteroatoms. The molecule has 0 aliphatic rings. The normalized spacial score (nSPS) is 11.9. The first-order chi connectivity index (χ1) is 13.4. The maximum Gasteiger partial charge on any atom is 0.417 e. The number of alkyl halides is 3. The topological polar surface area (TPSA) is 105 Å². The lowest BCUT2D eigenvalue weighted by Gasteiger charge is -2.13. The number of hydrogen-bond acceptors (Lipinski definition) is 8. The van der Waals surface area contributed by atoms with Crippen LogP contribution in [0, 0.1) is 0 Å². The molecule has 144 valence electrons. The largest absolute Gasteiger partial charge is 0.466 e. The average molecular weight is 393 g/mol. The van der Waals surface area contributed by atoms with Crippen molar-refractivity contribution in [2.45, 2.75) is 6.18 Å². The fourth-order valence-corrected chi connectivity index (χ4v) is 2.59. The van der Waals surface area contributed by atoms with Gasteiger partial charge in [0.25, 0.3) is 5.89 Å². The highest BCUT2D eigenvalue weighted by Gasteiger charge is 2.34. The van der Waals surface area contributed by atoms with Gasteiger partial charge in [-0.15, -0.1) is 10.2 Å². The molecular formula is C16H10F3N5O4. The smallest absolute Gasteiger partial charge is 0.417 e. The molecular weight excluding hydrogens is 383 g/mol. The fourth-order valence-electron chi connectivity index (χ4n) is 2.59.